The Labute approximate surface area is 98.7 Å². The van der Waals surface area contributed by atoms with Crippen LogP contribution in [0.5, 0.6) is 0 Å². The summed E-state index contributed by atoms with van der Waals surface area (Å²) in [4.78, 5) is 21.4. The van der Waals surface area contributed by atoms with Gasteiger partial charge in [0, 0.05) is 10.6 Å². The average Bonchev–Trinajstić information content (AvgIpc) is 2.28. The molecule has 1 aromatic carbocycles. The number of benzene rings is 1. The van der Waals surface area contributed by atoms with Crippen LogP contribution in [0.25, 0.3) is 6.08 Å². The molecule has 1 rings (SSSR count). The quantitative estimate of drug-likeness (QED) is 0.598. The van der Waals surface area contributed by atoms with Gasteiger partial charge in [0.1, 0.15) is 6.29 Å². The molecule has 0 aromatic heterocycles. The van der Waals surface area contributed by atoms with Gasteiger partial charge in [-0.1, -0.05) is 23.8 Å². The minimum atomic E-state index is -0.311. The predicted octanol–water partition coefficient (Wildman–Crippen LogP) is 2.73. The van der Waals surface area contributed by atoms with Crippen LogP contribution in [0, 0.1) is 0 Å². The van der Waals surface area contributed by atoms with Crippen LogP contribution in [0.2, 0.25) is 5.02 Å². The van der Waals surface area contributed by atoms with E-state index in [4.69, 9.17) is 11.6 Å². The number of esters is 1. The molecule has 0 heterocycles. The third kappa shape index (κ3) is 3.87. The van der Waals surface area contributed by atoms with E-state index in [1.54, 1.807) is 30.4 Å². The number of hydrogen-bond acceptors (Lipinski definition) is 3. The van der Waals surface area contributed by atoms with Gasteiger partial charge in [-0.2, -0.15) is 0 Å². The fraction of sp³-hybridized carbons (Fsp3) is 0.167. The first-order valence-electron chi connectivity index (χ1n) is 4.65. The largest absolute Gasteiger partial charge is 0.469 e. The zero-order chi connectivity index (χ0) is 12.0. The van der Waals surface area contributed by atoms with Gasteiger partial charge in [-0.15, -0.1) is 0 Å². The van der Waals surface area contributed by atoms with Crippen molar-refractivity contribution < 1.29 is 14.3 Å². The van der Waals surface area contributed by atoms with Gasteiger partial charge in [-0.25, -0.2) is 0 Å². The van der Waals surface area contributed by atoms with E-state index in [0.29, 0.717) is 10.6 Å². The molecule has 0 unspecified atom stereocenters. The molecule has 4 heteroatoms. The predicted molar refractivity (Wildman–Crippen MR) is 62.5 cm³/mol. The fourth-order valence-electron chi connectivity index (χ4n) is 1.17. The molecule has 16 heavy (non-hydrogen) atoms. The first-order chi connectivity index (χ1) is 7.65. The smallest absolute Gasteiger partial charge is 0.309 e. The highest BCUT2D eigenvalue weighted by Crippen LogP contribution is 2.15. The fourth-order valence-corrected chi connectivity index (χ4v) is 1.43. The SMILES string of the molecule is COC(=O)CC=Cc1cc(Cl)cc(C=O)c1. The maximum Gasteiger partial charge on any atom is 0.309 e. The normalized spacial score (nSPS) is 10.4. The van der Waals surface area contributed by atoms with Crippen LogP contribution in [0.15, 0.2) is 24.3 Å². The Bertz CT molecular complexity index is 424. The molecule has 0 aliphatic heterocycles. The Morgan fingerprint density at radius 1 is 1.38 bits per heavy atom. The number of halogens is 1. The van der Waals surface area contributed by atoms with E-state index in [9.17, 15) is 9.59 Å². The van der Waals surface area contributed by atoms with Crippen molar-refractivity contribution in [3.05, 3.63) is 40.4 Å². The topological polar surface area (TPSA) is 43.4 Å². The summed E-state index contributed by atoms with van der Waals surface area (Å²) in [6, 6.07) is 4.97. The summed E-state index contributed by atoms with van der Waals surface area (Å²) in [6.45, 7) is 0. The summed E-state index contributed by atoms with van der Waals surface area (Å²) in [5.74, 6) is -0.311. The van der Waals surface area contributed by atoms with Gasteiger partial charge in [0.2, 0.25) is 0 Å². The number of ether oxygens (including phenoxy) is 1. The van der Waals surface area contributed by atoms with Crippen LogP contribution in [-0.4, -0.2) is 19.4 Å². The number of rotatable bonds is 4. The summed E-state index contributed by atoms with van der Waals surface area (Å²) in [7, 11) is 1.33. The van der Waals surface area contributed by atoms with Crippen molar-refractivity contribution in [3.63, 3.8) is 0 Å². The second-order valence-electron chi connectivity index (χ2n) is 3.12. The molecule has 0 saturated heterocycles. The number of aldehydes is 1. The molecule has 0 amide bonds. The molecule has 0 spiro atoms. The highest BCUT2D eigenvalue weighted by atomic mass is 35.5. The van der Waals surface area contributed by atoms with E-state index < -0.39 is 0 Å². The van der Waals surface area contributed by atoms with Crippen LogP contribution >= 0.6 is 11.6 Å². The van der Waals surface area contributed by atoms with Gasteiger partial charge in [-0.05, 0) is 23.8 Å². The van der Waals surface area contributed by atoms with Gasteiger partial charge in [-0.3, -0.25) is 9.59 Å². The van der Waals surface area contributed by atoms with Crippen molar-refractivity contribution >= 4 is 29.9 Å². The zero-order valence-corrected chi connectivity index (χ0v) is 9.53. The van der Waals surface area contributed by atoms with Crippen molar-refractivity contribution in [3.8, 4) is 0 Å². The second-order valence-corrected chi connectivity index (χ2v) is 3.55. The number of carbonyl (C=O) groups is 2. The lowest BCUT2D eigenvalue weighted by Gasteiger charge is -1.97. The summed E-state index contributed by atoms with van der Waals surface area (Å²) in [5, 5.41) is 0.488. The molecule has 0 fully saturated rings. The third-order valence-corrected chi connectivity index (χ3v) is 2.12. The highest BCUT2D eigenvalue weighted by Gasteiger charge is 1.97. The first kappa shape index (κ1) is 12.5. The van der Waals surface area contributed by atoms with Crippen molar-refractivity contribution in [2.75, 3.05) is 7.11 Å². The Morgan fingerprint density at radius 3 is 2.69 bits per heavy atom. The molecule has 0 aliphatic rings. The van der Waals surface area contributed by atoms with E-state index in [-0.39, 0.29) is 12.4 Å². The van der Waals surface area contributed by atoms with E-state index in [2.05, 4.69) is 4.74 Å². The second kappa shape index (κ2) is 6.08. The molecule has 0 atom stereocenters. The van der Waals surface area contributed by atoms with E-state index in [0.717, 1.165) is 11.8 Å². The van der Waals surface area contributed by atoms with E-state index >= 15 is 0 Å². The van der Waals surface area contributed by atoms with Crippen molar-refractivity contribution in [1.82, 2.24) is 0 Å². The van der Waals surface area contributed by atoms with E-state index in [1.165, 1.54) is 7.11 Å². The van der Waals surface area contributed by atoms with Crippen LogP contribution < -0.4 is 0 Å². The van der Waals surface area contributed by atoms with E-state index in [1.807, 2.05) is 0 Å². The minimum absolute atomic E-state index is 0.194. The van der Waals surface area contributed by atoms with Crippen LogP contribution in [0.4, 0.5) is 0 Å². The van der Waals surface area contributed by atoms with Crippen LogP contribution in [0.3, 0.4) is 0 Å². The zero-order valence-electron chi connectivity index (χ0n) is 8.77. The molecule has 0 bridgehead atoms. The van der Waals surface area contributed by atoms with Gasteiger partial charge >= 0.3 is 5.97 Å². The summed E-state index contributed by atoms with van der Waals surface area (Å²) < 4.78 is 4.48. The average molecular weight is 239 g/mol. The van der Waals surface area contributed by atoms with Crippen molar-refractivity contribution in [1.29, 1.82) is 0 Å². The molecule has 1 aromatic rings. The summed E-state index contributed by atoms with van der Waals surface area (Å²) in [5.41, 5.74) is 1.28. The molecule has 0 radical (unpaired) electrons. The Kier molecular flexibility index (Phi) is 4.73. The summed E-state index contributed by atoms with van der Waals surface area (Å²) in [6.07, 6.45) is 4.30. The van der Waals surface area contributed by atoms with Gasteiger partial charge in [0.05, 0.1) is 13.5 Å². The lowest BCUT2D eigenvalue weighted by molar-refractivity contribution is -0.139. The molecule has 84 valence electrons. The third-order valence-electron chi connectivity index (χ3n) is 1.90. The van der Waals surface area contributed by atoms with Crippen LogP contribution in [0.1, 0.15) is 22.3 Å². The van der Waals surface area contributed by atoms with Gasteiger partial charge in [0.25, 0.3) is 0 Å². The van der Waals surface area contributed by atoms with Crippen molar-refractivity contribution in [2.24, 2.45) is 0 Å². The molecule has 0 N–H and O–H groups in total. The number of carbonyl (C=O) groups excluding carboxylic acids is 2. The van der Waals surface area contributed by atoms with Gasteiger partial charge in [0.15, 0.2) is 0 Å². The molecule has 0 saturated carbocycles. The Morgan fingerprint density at radius 2 is 2.06 bits per heavy atom. The maximum absolute atomic E-state index is 10.8. The molecular weight excluding hydrogens is 228 g/mol. The standard InChI is InChI=1S/C12H11ClO3/c1-16-12(15)4-2-3-9-5-10(8-14)7-11(13)6-9/h2-3,5-8H,4H2,1H3. The Balaban J connectivity index is 2.76. The number of methoxy groups -OCH3 is 1. The summed E-state index contributed by atoms with van der Waals surface area (Å²) >= 11 is 5.81. The Hall–Kier alpha value is -1.61. The maximum atomic E-state index is 10.8. The van der Waals surface area contributed by atoms with Gasteiger partial charge < -0.3 is 4.74 Å². The lowest BCUT2D eigenvalue weighted by Crippen LogP contribution is -1.96. The lowest BCUT2D eigenvalue weighted by atomic mass is 10.1. The molecule has 0 aliphatic carbocycles. The first-order valence-corrected chi connectivity index (χ1v) is 5.02. The number of hydrogen-bond donors (Lipinski definition) is 0. The van der Waals surface area contributed by atoms with Crippen molar-refractivity contribution in [2.45, 2.75) is 6.42 Å². The highest BCUT2D eigenvalue weighted by molar-refractivity contribution is 6.31. The monoisotopic (exact) mass is 238 g/mol. The van der Waals surface area contributed by atoms with Crippen LogP contribution in [-0.2, 0) is 9.53 Å². The molecular formula is C12H11ClO3. The minimum Gasteiger partial charge on any atom is -0.469 e. The molecule has 3 nitrogen and oxygen atoms in total.